The van der Waals surface area contributed by atoms with Crippen LogP contribution in [-0.4, -0.2) is 28.8 Å². The van der Waals surface area contributed by atoms with E-state index < -0.39 is 5.60 Å². The van der Waals surface area contributed by atoms with E-state index >= 15 is 0 Å². The first-order valence-electron chi connectivity index (χ1n) is 8.09. The molecule has 2 fully saturated rings. The van der Waals surface area contributed by atoms with Gasteiger partial charge in [-0.05, 0) is 55.4 Å². The van der Waals surface area contributed by atoms with Crippen LogP contribution in [-0.2, 0) is 16.8 Å². The summed E-state index contributed by atoms with van der Waals surface area (Å²) in [7, 11) is 0. The molecule has 2 aliphatic heterocycles. The molecule has 3 unspecified atom stereocenters. The van der Waals surface area contributed by atoms with Gasteiger partial charge < -0.3 is 9.84 Å². The van der Waals surface area contributed by atoms with Gasteiger partial charge in [0.2, 0.25) is 0 Å². The fourth-order valence-corrected chi connectivity index (χ4v) is 5.06. The van der Waals surface area contributed by atoms with Crippen LogP contribution in [0.2, 0.25) is 0 Å². The summed E-state index contributed by atoms with van der Waals surface area (Å²) < 4.78 is 6.09. The average Bonchev–Trinajstić information content (AvgIpc) is 2.95. The maximum Gasteiger partial charge on any atom is 0.0898 e. The number of hydrogen-bond acceptors (Lipinski definition) is 3. The summed E-state index contributed by atoms with van der Waals surface area (Å²) in [5, 5.41) is 11.2. The van der Waals surface area contributed by atoms with Crippen LogP contribution < -0.4 is 0 Å². The summed E-state index contributed by atoms with van der Waals surface area (Å²) in [5.41, 5.74) is 1.65. The van der Waals surface area contributed by atoms with E-state index in [2.05, 4.69) is 31.2 Å². The molecule has 0 aromatic heterocycles. The third-order valence-electron chi connectivity index (χ3n) is 5.30. The molecule has 21 heavy (non-hydrogen) atoms. The highest BCUT2D eigenvalue weighted by Crippen LogP contribution is 2.46. The van der Waals surface area contributed by atoms with E-state index in [0.29, 0.717) is 0 Å². The number of aryl methyl sites for hydroxylation is 1. The lowest BCUT2D eigenvalue weighted by molar-refractivity contribution is -0.129. The van der Waals surface area contributed by atoms with Gasteiger partial charge in [0.1, 0.15) is 0 Å². The number of hydrogen-bond donors (Lipinski definition) is 1. The molecule has 1 spiro atoms. The van der Waals surface area contributed by atoms with Crippen molar-refractivity contribution >= 4 is 11.8 Å². The summed E-state index contributed by atoms with van der Waals surface area (Å²) in [6, 6.07) is 8.49. The SMILES string of the molecule is CCc1ccc(C(C)(O)C2CCOC3(CCSC3)C2)cc1. The van der Waals surface area contributed by atoms with Crippen LogP contribution in [0, 0.1) is 5.92 Å². The fraction of sp³-hybridized carbons (Fsp3) is 0.667. The highest BCUT2D eigenvalue weighted by Gasteiger charge is 2.46. The van der Waals surface area contributed by atoms with Gasteiger partial charge in [-0.25, -0.2) is 0 Å². The van der Waals surface area contributed by atoms with Gasteiger partial charge in [-0.2, -0.15) is 11.8 Å². The number of thioether (sulfide) groups is 1. The van der Waals surface area contributed by atoms with Crippen molar-refractivity contribution in [2.24, 2.45) is 5.92 Å². The Morgan fingerprint density at radius 3 is 2.76 bits per heavy atom. The molecule has 1 aromatic carbocycles. The highest BCUT2D eigenvalue weighted by molar-refractivity contribution is 7.99. The Kier molecular flexibility index (Phi) is 4.35. The molecular formula is C18H26O2S. The molecular weight excluding hydrogens is 280 g/mol. The van der Waals surface area contributed by atoms with Gasteiger partial charge in [-0.15, -0.1) is 0 Å². The zero-order valence-corrected chi connectivity index (χ0v) is 13.9. The maximum absolute atomic E-state index is 11.2. The molecule has 0 aliphatic carbocycles. The predicted molar refractivity (Wildman–Crippen MR) is 88.7 cm³/mol. The Labute approximate surface area is 132 Å². The molecule has 0 bridgehead atoms. The van der Waals surface area contributed by atoms with E-state index in [0.717, 1.165) is 43.6 Å². The predicted octanol–water partition coefficient (Wildman–Crippen LogP) is 3.76. The smallest absolute Gasteiger partial charge is 0.0898 e. The van der Waals surface area contributed by atoms with Gasteiger partial charge in [0, 0.05) is 12.4 Å². The molecule has 1 N–H and O–H groups in total. The summed E-state index contributed by atoms with van der Waals surface area (Å²) in [6.07, 6.45) is 4.12. The van der Waals surface area contributed by atoms with Crippen molar-refractivity contribution in [3.8, 4) is 0 Å². The summed E-state index contributed by atoms with van der Waals surface area (Å²) in [5.74, 6) is 2.58. The van der Waals surface area contributed by atoms with E-state index in [4.69, 9.17) is 4.74 Å². The molecule has 3 heteroatoms. The first kappa shape index (κ1) is 15.4. The van der Waals surface area contributed by atoms with Crippen molar-refractivity contribution in [2.45, 2.75) is 50.7 Å². The van der Waals surface area contributed by atoms with Crippen LogP contribution in [0.25, 0.3) is 0 Å². The van der Waals surface area contributed by atoms with Crippen LogP contribution in [0.4, 0.5) is 0 Å². The van der Waals surface area contributed by atoms with E-state index in [1.165, 1.54) is 11.3 Å². The van der Waals surface area contributed by atoms with Gasteiger partial charge in [0.15, 0.2) is 0 Å². The van der Waals surface area contributed by atoms with Crippen molar-refractivity contribution in [2.75, 3.05) is 18.1 Å². The van der Waals surface area contributed by atoms with Crippen molar-refractivity contribution < 1.29 is 9.84 Å². The zero-order valence-electron chi connectivity index (χ0n) is 13.1. The minimum Gasteiger partial charge on any atom is -0.385 e. The molecule has 3 rings (SSSR count). The Hall–Kier alpha value is -0.510. The number of ether oxygens (including phenoxy) is 1. The lowest BCUT2D eigenvalue weighted by Gasteiger charge is -2.44. The van der Waals surface area contributed by atoms with Crippen molar-refractivity contribution in [3.05, 3.63) is 35.4 Å². The minimum atomic E-state index is -0.754. The first-order valence-corrected chi connectivity index (χ1v) is 9.25. The monoisotopic (exact) mass is 306 g/mol. The molecule has 0 radical (unpaired) electrons. The van der Waals surface area contributed by atoms with Gasteiger partial charge in [-0.1, -0.05) is 31.2 Å². The van der Waals surface area contributed by atoms with Crippen LogP contribution in [0.5, 0.6) is 0 Å². The quantitative estimate of drug-likeness (QED) is 0.922. The first-order chi connectivity index (χ1) is 10.1. The normalized spacial score (nSPS) is 32.2. The summed E-state index contributed by atoms with van der Waals surface area (Å²) >= 11 is 1.99. The minimum absolute atomic E-state index is 0.0287. The standard InChI is InChI=1S/C18H26O2S/c1-3-14-4-6-15(7-5-14)17(2,19)16-8-10-20-18(12-16)9-11-21-13-18/h4-7,16,19H,3,8-13H2,1-2H3. The Balaban J connectivity index is 1.79. The molecule has 2 nitrogen and oxygen atoms in total. The van der Waals surface area contributed by atoms with E-state index in [1.807, 2.05) is 18.7 Å². The average molecular weight is 306 g/mol. The highest BCUT2D eigenvalue weighted by atomic mass is 32.2. The van der Waals surface area contributed by atoms with Gasteiger partial charge in [-0.3, -0.25) is 0 Å². The molecule has 2 heterocycles. The van der Waals surface area contributed by atoms with E-state index in [1.54, 1.807) is 0 Å². The van der Waals surface area contributed by atoms with E-state index in [9.17, 15) is 5.11 Å². The second-order valence-electron chi connectivity index (χ2n) is 6.72. The van der Waals surface area contributed by atoms with Crippen molar-refractivity contribution in [3.63, 3.8) is 0 Å². The van der Waals surface area contributed by atoms with Crippen LogP contribution in [0.1, 0.15) is 44.2 Å². The van der Waals surface area contributed by atoms with E-state index in [-0.39, 0.29) is 11.5 Å². The molecule has 0 amide bonds. The Bertz CT molecular complexity index is 474. The van der Waals surface area contributed by atoms with Gasteiger partial charge >= 0.3 is 0 Å². The summed E-state index contributed by atoms with van der Waals surface area (Å²) in [4.78, 5) is 0. The van der Waals surface area contributed by atoms with Crippen molar-refractivity contribution in [1.82, 2.24) is 0 Å². The van der Waals surface area contributed by atoms with Gasteiger partial charge in [0.25, 0.3) is 0 Å². The van der Waals surface area contributed by atoms with Crippen LogP contribution in [0.15, 0.2) is 24.3 Å². The fourth-order valence-electron chi connectivity index (χ4n) is 3.68. The lowest BCUT2D eigenvalue weighted by atomic mass is 9.73. The second kappa shape index (κ2) is 5.94. The van der Waals surface area contributed by atoms with Crippen LogP contribution in [0.3, 0.4) is 0 Å². The molecule has 3 atom stereocenters. The van der Waals surface area contributed by atoms with Crippen molar-refractivity contribution in [1.29, 1.82) is 0 Å². The molecule has 0 saturated carbocycles. The molecule has 116 valence electrons. The lowest BCUT2D eigenvalue weighted by Crippen LogP contribution is -2.46. The number of benzene rings is 1. The topological polar surface area (TPSA) is 29.5 Å². The third-order valence-corrected chi connectivity index (χ3v) is 6.52. The number of rotatable bonds is 3. The Morgan fingerprint density at radius 1 is 1.38 bits per heavy atom. The van der Waals surface area contributed by atoms with Gasteiger partial charge in [0.05, 0.1) is 11.2 Å². The Morgan fingerprint density at radius 2 is 2.14 bits per heavy atom. The third kappa shape index (κ3) is 3.01. The number of aliphatic hydroxyl groups is 1. The molecule has 1 aromatic rings. The second-order valence-corrected chi connectivity index (χ2v) is 7.83. The summed E-state index contributed by atoms with van der Waals surface area (Å²) in [6.45, 7) is 4.93. The largest absolute Gasteiger partial charge is 0.385 e. The van der Waals surface area contributed by atoms with Crippen LogP contribution >= 0.6 is 11.8 Å². The molecule has 2 aliphatic rings. The molecule has 2 saturated heterocycles. The zero-order chi connectivity index (χ0) is 14.9. The maximum atomic E-state index is 11.2.